The third kappa shape index (κ3) is 2.55. The van der Waals surface area contributed by atoms with Crippen LogP contribution in [-0.4, -0.2) is 19.9 Å². The topological polar surface area (TPSA) is 68.4 Å². The van der Waals surface area contributed by atoms with E-state index in [1.165, 1.54) is 4.40 Å². The molecule has 3 aromatic heterocycles. The fraction of sp³-hybridized carbons (Fsp3) is 0.105. The van der Waals surface area contributed by atoms with Crippen molar-refractivity contribution < 1.29 is 4.79 Å². The maximum atomic E-state index is 12.8. The van der Waals surface area contributed by atoms with E-state index in [9.17, 15) is 9.59 Å². The van der Waals surface area contributed by atoms with Crippen LogP contribution in [0.4, 0.5) is 5.69 Å². The molecule has 0 spiro atoms. The normalized spacial score (nSPS) is 11.2. The molecule has 4 rings (SSSR count). The van der Waals surface area contributed by atoms with Gasteiger partial charge in [0.15, 0.2) is 0 Å². The van der Waals surface area contributed by atoms with Crippen LogP contribution in [0, 0.1) is 6.92 Å². The monoisotopic (exact) mass is 366 g/mol. The Balaban J connectivity index is 1.86. The van der Waals surface area contributed by atoms with E-state index in [0.717, 1.165) is 5.56 Å². The summed E-state index contributed by atoms with van der Waals surface area (Å²) >= 11 is 5.95. The molecule has 0 bridgehead atoms. The van der Waals surface area contributed by atoms with Crippen LogP contribution in [0.5, 0.6) is 0 Å². The van der Waals surface area contributed by atoms with Crippen molar-refractivity contribution in [3.8, 4) is 0 Å². The zero-order valence-corrected chi connectivity index (χ0v) is 14.9. The number of fused-ring (bicyclic) bond motifs is 2. The Morgan fingerprint density at radius 1 is 1.15 bits per heavy atom. The van der Waals surface area contributed by atoms with Crippen molar-refractivity contribution in [3.05, 3.63) is 75.3 Å². The molecule has 6 nitrogen and oxygen atoms in total. The summed E-state index contributed by atoms with van der Waals surface area (Å²) < 4.78 is 3.12. The first-order chi connectivity index (χ1) is 12.5. The highest BCUT2D eigenvalue weighted by Crippen LogP contribution is 2.19. The number of aryl methyl sites for hydroxylation is 2. The first-order valence-corrected chi connectivity index (χ1v) is 8.38. The third-order valence-corrected chi connectivity index (χ3v) is 4.57. The average molecular weight is 367 g/mol. The standard InChI is InChI=1S/C19H15ClN4O2/c1-11-5-4-8-24-16(11)22-17-14(19(24)26)10-15(23(17)2)18(25)21-13-7-3-6-12(20)9-13/h3-10H,1-2H3,(H,21,25). The number of nitrogens with one attached hydrogen (secondary N) is 1. The second-order valence-electron chi connectivity index (χ2n) is 6.09. The Morgan fingerprint density at radius 3 is 2.73 bits per heavy atom. The highest BCUT2D eigenvalue weighted by Gasteiger charge is 2.18. The van der Waals surface area contributed by atoms with Gasteiger partial charge in [-0.3, -0.25) is 14.0 Å². The van der Waals surface area contributed by atoms with Gasteiger partial charge in [-0.2, -0.15) is 0 Å². The molecule has 0 saturated carbocycles. The molecule has 4 aromatic rings. The number of anilines is 1. The van der Waals surface area contributed by atoms with E-state index in [1.54, 1.807) is 54.2 Å². The second-order valence-corrected chi connectivity index (χ2v) is 6.53. The van der Waals surface area contributed by atoms with Crippen molar-refractivity contribution in [2.75, 3.05) is 5.32 Å². The van der Waals surface area contributed by atoms with Crippen molar-refractivity contribution in [3.63, 3.8) is 0 Å². The van der Waals surface area contributed by atoms with E-state index < -0.39 is 0 Å². The molecular formula is C19H15ClN4O2. The predicted octanol–water partition coefficient (Wildman–Crippen LogP) is 3.40. The van der Waals surface area contributed by atoms with Crippen molar-refractivity contribution >= 4 is 39.9 Å². The molecule has 0 saturated heterocycles. The summed E-state index contributed by atoms with van der Waals surface area (Å²) in [5.41, 5.74) is 2.66. The van der Waals surface area contributed by atoms with Gasteiger partial charge in [-0.05, 0) is 42.8 Å². The van der Waals surface area contributed by atoms with Gasteiger partial charge in [0.25, 0.3) is 11.5 Å². The number of carbonyl (C=O) groups is 1. The predicted molar refractivity (Wildman–Crippen MR) is 102 cm³/mol. The zero-order valence-electron chi connectivity index (χ0n) is 14.2. The SMILES string of the molecule is Cc1cccn2c(=O)c3cc(C(=O)Nc4cccc(Cl)c4)n(C)c3nc12. The van der Waals surface area contributed by atoms with E-state index in [-0.39, 0.29) is 11.5 Å². The number of carbonyl (C=O) groups excluding carboxylic acids is 1. The Morgan fingerprint density at radius 2 is 1.96 bits per heavy atom. The van der Waals surface area contributed by atoms with Gasteiger partial charge in [0, 0.05) is 24.0 Å². The van der Waals surface area contributed by atoms with Gasteiger partial charge in [0.1, 0.15) is 17.0 Å². The molecule has 0 unspecified atom stereocenters. The molecule has 130 valence electrons. The van der Waals surface area contributed by atoms with E-state index >= 15 is 0 Å². The fourth-order valence-corrected chi connectivity index (χ4v) is 3.20. The summed E-state index contributed by atoms with van der Waals surface area (Å²) in [6, 6.07) is 12.1. The highest BCUT2D eigenvalue weighted by atomic mass is 35.5. The molecule has 1 amide bonds. The Bertz CT molecular complexity index is 1240. The lowest BCUT2D eigenvalue weighted by molar-refractivity contribution is 0.101. The Kier molecular flexibility index (Phi) is 3.77. The van der Waals surface area contributed by atoms with E-state index in [2.05, 4.69) is 10.3 Å². The van der Waals surface area contributed by atoms with Crippen LogP contribution in [0.3, 0.4) is 0 Å². The lowest BCUT2D eigenvalue weighted by atomic mass is 10.2. The number of hydrogen-bond acceptors (Lipinski definition) is 3. The van der Waals surface area contributed by atoms with E-state index in [0.29, 0.717) is 33.1 Å². The van der Waals surface area contributed by atoms with Crippen LogP contribution >= 0.6 is 11.6 Å². The van der Waals surface area contributed by atoms with Crippen LogP contribution < -0.4 is 10.9 Å². The summed E-state index contributed by atoms with van der Waals surface area (Å²) in [5.74, 6) is -0.335. The number of rotatable bonds is 2. The minimum atomic E-state index is -0.335. The molecule has 0 fully saturated rings. The number of aromatic nitrogens is 3. The molecule has 1 N–H and O–H groups in total. The summed E-state index contributed by atoms with van der Waals surface area (Å²) in [6.45, 7) is 1.89. The molecule has 0 aliphatic carbocycles. The van der Waals surface area contributed by atoms with Crippen LogP contribution in [0.2, 0.25) is 5.02 Å². The van der Waals surface area contributed by atoms with Crippen LogP contribution in [0.15, 0.2) is 53.5 Å². The number of nitrogens with zero attached hydrogens (tertiary/aromatic N) is 3. The first kappa shape index (κ1) is 16.4. The fourth-order valence-electron chi connectivity index (χ4n) is 3.01. The van der Waals surface area contributed by atoms with Crippen LogP contribution in [0.1, 0.15) is 16.1 Å². The molecule has 0 aliphatic rings. The highest BCUT2D eigenvalue weighted by molar-refractivity contribution is 6.31. The van der Waals surface area contributed by atoms with Gasteiger partial charge in [0.05, 0.1) is 5.39 Å². The molecule has 7 heteroatoms. The number of halogens is 1. The molecule has 0 atom stereocenters. The minimum absolute atomic E-state index is 0.203. The van der Waals surface area contributed by atoms with Gasteiger partial charge < -0.3 is 9.88 Å². The summed E-state index contributed by atoms with van der Waals surface area (Å²) in [6.07, 6.45) is 1.68. The quantitative estimate of drug-likeness (QED) is 0.591. The van der Waals surface area contributed by atoms with Gasteiger partial charge in [-0.25, -0.2) is 4.98 Å². The van der Waals surface area contributed by atoms with Crippen molar-refractivity contribution in [1.29, 1.82) is 0 Å². The Labute approximate surface area is 153 Å². The van der Waals surface area contributed by atoms with Gasteiger partial charge in [0.2, 0.25) is 0 Å². The number of benzene rings is 1. The average Bonchev–Trinajstić information content (AvgIpc) is 2.94. The maximum absolute atomic E-state index is 12.8. The van der Waals surface area contributed by atoms with Crippen molar-refractivity contribution in [2.24, 2.45) is 7.05 Å². The molecule has 26 heavy (non-hydrogen) atoms. The van der Waals surface area contributed by atoms with Crippen LogP contribution in [0.25, 0.3) is 16.7 Å². The number of amides is 1. The van der Waals surface area contributed by atoms with Gasteiger partial charge in [-0.15, -0.1) is 0 Å². The third-order valence-electron chi connectivity index (χ3n) is 4.34. The smallest absolute Gasteiger partial charge is 0.272 e. The first-order valence-electron chi connectivity index (χ1n) is 8.00. The largest absolute Gasteiger partial charge is 0.324 e. The minimum Gasteiger partial charge on any atom is -0.324 e. The summed E-state index contributed by atoms with van der Waals surface area (Å²) in [4.78, 5) is 30.1. The van der Waals surface area contributed by atoms with Crippen LogP contribution in [-0.2, 0) is 7.05 Å². The van der Waals surface area contributed by atoms with Gasteiger partial charge >= 0.3 is 0 Å². The molecule has 0 radical (unpaired) electrons. The Hall–Kier alpha value is -3.12. The molecule has 3 heterocycles. The van der Waals surface area contributed by atoms with Crippen molar-refractivity contribution in [2.45, 2.75) is 6.92 Å². The number of hydrogen-bond donors (Lipinski definition) is 1. The molecule has 0 aliphatic heterocycles. The van der Waals surface area contributed by atoms with E-state index in [1.807, 2.05) is 13.0 Å². The van der Waals surface area contributed by atoms with Gasteiger partial charge in [-0.1, -0.05) is 23.7 Å². The molecule has 1 aromatic carbocycles. The summed E-state index contributed by atoms with van der Waals surface area (Å²) in [7, 11) is 1.72. The molecular weight excluding hydrogens is 352 g/mol. The zero-order chi connectivity index (χ0) is 18.4. The lowest BCUT2D eigenvalue weighted by Gasteiger charge is -2.07. The summed E-state index contributed by atoms with van der Waals surface area (Å²) in [5, 5.41) is 3.72. The maximum Gasteiger partial charge on any atom is 0.272 e. The van der Waals surface area contributed by atoms with E-state index in [4.69, 9.17) is 11.6 Å². The second kappa shape index (κ2) is 6.00. The number of pyridine rings is 1. The van der Waals surface area contributed by atoms with Crippen molar-refractivity contribution in [1.82, 2.24) is 14.0 Å². The lowest BCUT2D eigenvalue weighted by Crippen LogP contribution is -2.16.